The fraction of sp³-hybridized carbons (Fsp3) is 0.316. The maximum atomic E-state index is 12.7. The van der Waals surface area contributed by atoms with Crippen molar-refractivity contribution >= 4 is 18.4 Å². The van der Waals surface area contributed by atoms with Crippen LogP contribution in [0.1, 0.15) is 40.9 Å². The molecule has 4 nitrogen and oxygen atoms in total. The van der Waals surface area contributed by atoms with Crippen molar-refractivity contribution in [1.82, 2.24) is 0 Å². The Morgan fingerprint density at radius 3 is 2.75 bits per heavy atom. The molecule has 2 aromatic carbocycles. The minimum atomic E-state index is -0.946. The van der Waals surface area contributed by atoms with Crippen LogP contribution in [0.5, 0.6) is 5.75 Å². The molecule has 0 aliphatic carbocycles. The van der Waals surface area contributed by atoms with Crippen LogP contribution in [-0.2, 0) is 16.7 Å². The molecule has 0 atom stereocenters. The zero-order valence-electron chi connectivity index (χ0n) is 14.4. The highest BCUT2D eigenvalue weighted by Gasteiger charge is 2.40. The molecule has 0 spiro atoms. The van der Waals surface area contributed by atoms with Gasteiger partial charge in [-0.15, -0.1) is 0 Å². The second kappa shape index (κ2) is 6.08. The lowest BCUT2D eigenvalue weighted by Crippen LogP contribution is -2.29. The second-order valence-corrected chi connectivity index (χ2v) is 6.65. The van der Waals surface area contributed by atoms with Crippen molar-refractivity contribution in [3.05, 3.63) is 58.7 Å². The van der Waals surface area contributed by atoms with Crippen LogP contribution in [0.15, 0.2) is 36.4 Å². The molecule has 1 heterocycles. The Hall–Kier alpha value is -2.11. The first-order chi connectivity index (χ1) is 11.3. The third kappa shape index (κ3) is 2.85. The molecule has 3 rings (SSSR count). The number of fused-ring (bicyclic) bond motifs is 1. The van der Waals surface area contributed by atoms with Gasteiger partial charge in [0.1, 0.15) is 5.75 Å². The van der Waals surface area contributed by atoms with E-state index < -0.39 is 12.7 Å². The summed E-state index contributed by atoms with van der Waals surface area (Å²) < 4.78 is 10.9. The predicted molar refractivity (Wildman–Crippen MR) is 93.9 cm³/mol. The van der Waals surface area contributed by atoms with Crippen LogP contribution in [0.4, 0.5) is 0 Å². The monoisotopic (exact) mass is 324 g/mol. The molecule has 0 radical (unpaired) electrons. The standard InChI is InChI=1S/C19H21BO4/c1-12-6-5-7-17(23-4)18(12)16(21)11-13-8-9-14-15(10-13)20(22)24-19(14,2)3/h5-10,22H,11H2,1-4H3. The molecule has 1 N–H and O–H groups in total. The SMILES string of the molecule is COc1cccc(C)c1C(=O)Cc1ccc2c(c1)B(O)OC2(C)C. The van der Waals surface area contributed by atoms with Crippen molar-refractivity contribution in [3.63, 3.8) is 0 Å². The summed E-state index contributed by atoms with van der Waals surface area (Å²) in [4.78, 5) is 12.7. The second-order valence-electron chi connectivity index (χ2n) is 6.65. The molecule has 2 aromatic rings. The van der Waals surface area contributed by atoms with Crippen molar-refractivity contribution < 1.29 is 19.2 Å². The maximum absolute atomic E-state index is 12.7. The molecule has 0 amide bonds. The van der Waals surface area contributed by atoms with Gasteiger partial charge in [-0.2, -0.15) is 0 Å². The van der Waals surface area contributed by atoms with Gasteiger partial charge < -0.3 is 14.4 Å². The zero-order valence-corrected chi connectivity index (χ0v) is 14.4. The highest BCUT2D eigenvalue weighted by Crippen LogP contribution is 2.30. The highest BCUT2D eigenvalue weighted by molar-refractivity contribution is 6.62. The molecular formula is C19H21BO4. The third-order valence-electron chi connectivity index (χ3n) is 4.53. The molecule has 1 aliphatic rings. The summed E-state index contributed by atoms with van der Waals surface area (Å²) in [6, 6.07) is 11.3. The Morgan fingerprint density at radius 1 is 1.29 bits per heavy atom. The van der Waals surface area contributed by atoms with Crippen LogP contribution >= 0.6 is 0 Å². The minimum absolute atomic E-state index is 0.00225. The lowest BCUT2D eigenvalue weighted by Gasteiger charge is -2.19. The van der Waals surface area contributed by atoms with Gasteiger partial charge in [0.2, 0.25) is 0 Å². The summed E-state index contributed by atoms with van der Waals surface area (Å²) >= 11 is 0. The van der Waals surface area contributed by atoms with Gasteiger partial charge in [-0.3, -0.25) is 4.79 Å². The molecule has 0 fully saturated rings. The van der Waals surface area contributed by atoms with Crippen molar-refractivity contribution in [2.45, 2.75) is 32.8 Å². The highest BCUT2D eigenvalue weighted by atomic mass is 16.5. The summed E-state index contributed by atoms with van der Waals surface area (Å²) in [7, 11) is 0.620. The largest absolute Gasteiger partial charge is 0.496 e. The van der Waals surface area contributed by atoms with Gasteiger partial charge in [0.25, 0.3) is 0 Å². The van der Waals surface area contributed by atoms with Gasteiger partial charge in [-0.1, -0.05) is 30.3 Å². The number of ether oxygens (including phenoxy) is 1. The van der Waals surface area contributed by atoms with E-state index in [4.69, 9.17) is 9.39 Å². The molecule has 1 aliphatic heterocycles. The number of carbonyl (C=O) groups excluding carboxylic acids is 1. The number of hydrogen-bond donors (Lipinski definition) is 1. The van der Waals surface area contributed by atoms with E-state index in [1.54, 1.807) is 13.2 Å². The molecule has 5 heteroatoms. The van der Waals surface area contributed by atoms with Crippen LogP contribution in [0.25, 0.3) is 0 Å². The van der Waals surface area contributed by atoms with Crippen LogP contribution < -0.4 is 10.2 Å². The van der Waals surface area contributed by atoms with Gasteiger partial charge in [0, 0.05) is 6.42 Å². The number of carbonyl (C=O) groups is 1. The lowest BCUT2D eigenvalue weighted by molar-refractivity contribution is 0.0988. The van der Waals surface area contributed by atoms with Crippen molar-refractivity contribution in [1.29, 1.82) is 0 Å². The van der Waals surface area contributed by atoms with Crippen LogP contribution in [0, 0.1) is 6.92 Å². The Kier molecular flexibility index (Phi) is 4.24. The lowest BCUT2D eigenvalue weighted by atomic mass is 9.77. The first-order valence-corrected chi connectivity index (χ1v) is 7.99. The van der Waals surface area contributed by atoms with E-state index in [0.29, 0.717) is 11.3 Å². The van der Waals surface area contributed by atoms with Crippen molar-refractivity contribution in [2.75, 3.05) is 7.11 Å². The molecule has 0 saturated heterocycles. The summed E-state index contributed by atoms with van der Waals surface area (Å²) in [6.07, 6.45) is 0.252. The quantitative estimate of drug-likeness (QED) is 0.693. The molecule has 0 saturated carbocycles. The molecule has 0 aromatic heterocycles. The van der Waals surface area contributed by atoms with E-state index in [9.17, 15) is 9.82 Å². The number of Topliss-reactive ketones (excluding diaryl/α,β-unsaturated/α-hetero) is 1. The number of rotatable bonds is 4. The number of benzene rings is 2. The number of hydrogen-bond acceptors (Lipinski definition) is 4. The third-order valence-corrected chi connectivity index (χ3v) is 4.53. The Labute approximate surface area is 142 Å². The zero-order chi connectivity index (χ0) is 17.5. The van der Waals surface area contributed by atoms with E-state index >= 15 is 0 Å². The molecule has 24 heavy (non-hydrogen) atoms. The van der Waals surface area contributed by atoms with Gasteiger partial charge in [0.15, 0.2) is 5.78 Å². The maximum Gasteiger partial charge on any atom is 0.492 e. The van der Waals surface area contributed by atoms with E-state index in [1.165, 1.54) is 0 Å². The number of ketones is 1. The topological polar surface area (TPSA) is 55.8 Å². The van der Waals surface area contributed by atoms with E-state index in [1.807, 2.05) is 51.1 Å². The van der Waals surface area contributed by atoms with Crippen LogP contribution in [-0.4, -0.2) is 25.0 Å². The van der Waals surface area contributed by atoms with E-state index in [-0.39, 0.29) is 12.2 Å². The first kappa shape index (κ1) is 16.7. The van der Waals surface area contributed by atoms with Crippen LogP contribution in [0.2, 0.25) is 0 Å². The normalized spacial score (nSPS) is 15.3. The minimum Gasteiger partial charge on any atom is -0.496 e. The van der Waals surface area contributed by atoms with Gasteiger partial charge in [0.05, 0.1) is 18.3 Å². The first-order valence-electron chi connectivity index (χ1n) is 7.99. The van der Waals surface area contributed by atoms with Gasteiger partial charge >= 0.3 is 7.12 Å². The Morgan fingerprint density at radius 2 is 2.04 bits per heavy atom. The average molecular weight is 324 g/mol. The molecule has 124 valence electrons. The average Bonchev–Trinajstić information content (AvgIpc) is 2.75. The molecule has 0 bridgehead atoms. The van der Waals surface area contributed by atoms with Crippen LogP contribution in [0.3, 0.4) is 0 Å². The smallest absolute Gasteiger partial charge is 0.492 e. The van der Waals surface area contributed by atoms with E-state index in [2.05, 4.69) is 0 Å². The summed E-state index contributed by atoms with van der Waals surface area (Å²) in [5, 5.41) is 10.1. The predicted octanol–water partition coefficient (Wildman–Crippen LogP) is 2.38. The summed E-state index contributed by atoms with van der Waals surface area (Å²) in [6.45, 7) is 5.74. The fourth-order valence-corrected chi connectivity index (χ4v) is 3.32. The Bertz CT molecular complexity index is 798. The van der Waals surface area contributed by atoms with Gasteiger partial charge in [-0.25, -0.2) is 0 Å². The van der Waals surface area contributed by atoms with Crippen molar-refractivity contribution in [2.24, 2.45) is 0 Å². The Balaban J connectivity index is 1.91. The summed E-state index contributed by atoms with van der Waals surface area (Å²) in [5.74, 6) is 0.586. The summed E-state index contributed by atoms with van der Waals surface area (Å²) in [5.41, 5.74) is 3.53. The number of methoxy groups -OCH3 is 1. The van der Waals surface area contributed by atoms with Gasteiger partial charge in [-0.05, 0) is 49.0 Å². The molecule has 0 unspecified atom stereocenters. The fourth-order valence-electron chi connectivity index (χ4n) is 3.32. The number of aryl methyl sites for hydroxylation is 1. The van der Waals surface area contributed by atoms with E-state index in [0.717, 1.165) is 22.2 Å². The van der Waals surface area contributed by atoms with Crippen molar-refractivity contribution in [3.8, 4) is 5.75 Å². The molecular weight excluding hydrogens is 303 g/mol.